The maximum absolute atomic E-state index is 12.6. The van der Waals surface area contributed by atoms with E-state index in [9.17, 15) is 9.59 Å². The minimum Gasteiger partial charge on any atom is -0.495 e. The third kappa shape index (κ3) is 4.97. The molecule has 6 nitrogen and oxygen atoms in total. The summed E-state index contributed by atoms with van der Waals surface area (Å²) in [6.45, 7) is 2.65. The van der Waals surface area contributed by atoms with Crippen molar-refractivity contribution in [2.24, 2.45) is 0 Å². The number of aryl methyl sites for hydroxylation is 1. The Labute approximate surface area is 157 Å². The van der Waals surface area contributed by atoms with Gasteiger partial charge in [0.15, 0.2) is 0 Å². The van der Waals surface area contributed by atoms with Crippen molar-refractivity contribution in [2.75, 3.05) is 32.7 Å². The van der Waals surface area contributed by atoms with Crippen molar-refractivity contribution in [2.45, 2.75) is 6.92 Å². The first-order chi connectivity index (χ1) is 12.5. The molecule has 0 aliphatic rings. The van der Waals surface area contributed by atoms with Gasteiger partial charge in [0.1, 0.15) is 5.75 Å². The van der Waals surface area contributed by atoms with Crippen LogP contribution in [0.3, 0.4) is 0 Å². The van der Waals surface area contributed by atoms with Gasteiger partial charge in [-0.05, 0) is 36.8 Å². The molecule has 2 aromatic carbocycles. The largest absolute Gasteiger partial charge is 0.495 e. The molecule has 0 fully saturated rings. The molecule has 0 saturated carbocycles. The number of ether oxygens (including phenoxy) is 2. The van der Waals surface area contributed by atoms with Gasteiger partial charge in [-0.15, -0.1) is 0 Å². The maximum Gasteiger partial charge on any atom is 0.255 e. The summed E-state index contributed by atoms with van der Waals surface area (Å²) in [5.74, 6) is -0.157. The Kier molecular flexibility index (Phi) is 7.00. The monoisotopic (exact) mass is 376 g/mol. The summed E-state index contributed by atoms with van der Waals surface area (Å²) in [5, 5.41) is 6.06. The molecule has 0 aromatic heterocycles. The highest BCUT2D eigenvalue weighted by Gasteiger charge is 2.14. The van der Waals surface area contributed by atoms with Gasteiger partial charge in [-0.25, -0.2) is 0 Å². The Morgan fingerprint density at radius 2 is 1.77 bits per heavy atom. The number of anilines is 1. The van der Waals surface area contributed by atoms with Gasteiger partial charge in [0.2, 0.25) is 0 Å². The van der Waals surface area contributed by atoms with E-state index in [1.54, 1.807) is 37.4 Å². The molecule has 26 heavy (non-hydrogen) atoms. The molecule has 0 aliphatic carbocycles. The minimum absolute atomic E-state index is 0.267. The summed E-state index contributed by atoms with van der Waals surface area (Å²) < 4.78 is 10.2. The average Bonchev–Trinajstić information content (AvgIpc) is 2.64. The molecule has 0 atom stereocenters. The summed E-state index contributed by atoms with van der Waals surface area (Å²) in [7, 11) is 3.06. The number of hydrogen-bond donors (Lipinski definition) is 2. The third-order valence-electron chi connectivity index (χ3n) is 3.71. The Balaban J connectivity index is 2.17. The molecule has 2 amide bonds. The zero-order chi connectivity index (χ0) is 19.1. The zero-order valence-corrected chi connectivity index (χ0v) is 15.6. The Morgan fingerprint density at radius 3 is 2.42 bits per heavy atom. The van der Waals surface area contributed by atoms with Crippen molar-refractivity contribution in [3.05, 3.63) is 58.1 Å². The highest BCUT2D eigenvalue weighted by molar-refractivity contribution is 6.31. The van der Waals surface area contributed by atoms with Gasteiger partial charge in [-0.1, -0.05) is 17.7 Å². The summed E-state index contributed by atoms with van der Waals surface area (Å²) in [6, 6.07) is 9.85. The van der Waals surface area contributed by atoms with Crippen LogP contribution in [0.2, 0.25) is 5.02 Å². The van der Waals surface area contributed by atoms with Gasteiger partial charge in [-0.3, -0.25) is 9.59 Å². The van der Waals surface area contributed by atoms with E-state index in [0.29, 0.717) is 40.7 Å². The van der Waals surface area contributed by atoms with Gasteiger partial charge in [-0.2, -0.15) is 0 Å². The smallest absolute Gasteiger partial charge is 0.255 e. The number of carbonyl (C=O) groups excluding carboxylic acids is 2. The Morgan fingerprint density at radius 1 is 1.08 bits per heavy atom. The molecule has 2 N–H and O–H groups in total. The van der Waals surface area contributed by atoms with Gasteiger partial charge in [0.25, 0.3) is 11.8 Å². The second kappa shape index (κ2) is 9.22. The summed E-state index contributed by atoms with van der Waals surface area (Å²) in [5.41, 5.74) is 2.08. The van der Waals surface area contributed by atoms with Crippen LogP contribution in [0, 0.1) is 6.92 Å². The standard InChI is InChI=1S/C19H21ClN2O4/c1-12-9-16(17(26-3)11-15(12)20)22-19(24)14-6-4-5-13(10-14)18(23)21-7-8-25-2/h4-6,9-11H,7-8H2,1-3H3,(H,21,23)(H,22,24). The van der Waals surface area contributed by atoms with E-state index in [0.717, 1.165) is 5.56 Å². The van der Waals surface area contributed by atoms with E-state index in [1.165, 1.54) is 13.2 Å². The van der Waals surface area contributed by atoms with Crippen LogP contribution >= 0.6 is 11.6 Å². The number of methoxy groups -OCH3 is 2. The second-order valence-corrected chi connectivity index (χ2v) is 5.99. The predicted octanol–water partition coefficient (Wildman–Crippen LogP) is 3.29. The van der Waals surface area contributed by atoms with Crippen LogP contribution in [0.15, 0.2) is 36.4 Å². The molecule has 2 rings (SSSR count). The zero-order valence-electron chi connectivity index (χ0n) is 14.9. The summed E-state index contributed by atoms with van der Waals surface area (Å²) >= 11 is 6.08. The molecular formula is C19H21ClN2O4. The van der Waals surface area contributed by atoms with Crippen LogP contribution in [0.1, 0.15) is 26.3 Å². The molecule has 0 bridgehead atoms. The molecule has 7 heteroatoms. The highest BCUT2D eigenvalue weighted by atomic mass is 35.5. The molecule has 0 radical (unpaired) electrons. The highest BCUT2D eigenvalue weighted by Crippen LogP contribution is 2.31. The van der Waals surface area contributed by atoms with Crippen LogP contribution in [0.25, 0.3) is 0 Å². The number of halogens is 1. The summed E-state index contributed by atoms with van der Waals surface area (Å²) in [6.07, 6.45) is 0. The lowest BCUT2D eigenvalue weighted by molar-refractivity contribution is 0.0937. The third-order valence-corrected chi connectivity index (χ3v) is 4.11. The van der Waals surface area contributed by atoms with Crippen molar-refractivity contribution < 1.29 is 19.1 Å². The van der Waals surface area contributed by atoms with Crippen molar-refractivity contribution >= 4 is 29.1 Å². The van der Waals surface area contributed by atoms with E-state index in [4.69, 9.17) is 21.1 Å². The van der Waals surface area contributed by atoms with Crippen LogP contribution in [-0.2, 0) is 4.74 Å². The topological polar surface area (TPSA) is 76.7 Å². The number of rotatable bonds is 7. The van der Waals surface area contributed by atoms with Crippen molar-refractivity contribution in [1.29, 1.82) is 0 Å². The van der Waals surface area contributed by atoms with E-state index in [1.807, 2.05) is 6.92 Å². The lowest BCUT2D eigenvalue weighted by atomic mass is 10.1. The molecule has 0 aliphatic heterocycles. The van der Waals surface area contributed by atoms with Crippen LogP contribution in [-0.4, -0.2) is 39.2 Å². The van der Waals surface area contributed by atoms with Gasteiger partial charge < -0.3 is 20.1 Å². The first kappa shape index (κ1) is 19.8. The Bertz CT molecular complexity index is 808. The first-order valence-corrected chi connectivity index (χ1v) is 8.36. The van der Waals surface area contributed by atoms with Crippen LogP contribution < -0.4 is 15.4 Å². The fraction of sp³-hybridized carbons (Fsp3) is 0.263. The van der Waals surface area contributed by atoms with Crippen LogP contribution in [0.5, 0.6) is 5.75 Å². The quantitative estimate of drug-likeness (QED) is 0.727. The average molecular weight is 377 g/mol. The van der Waals surface area contributed by atoms with E-state index < -0.39 is 0 Å². The predicted molar refractivity (Wildman–Crippen MR) is 101 cm³/mol. The van der Waals surface area contributed by atoms with Gasteiger partial charge >= 0.3 is 0 Å². The number of amides is 2. The normalized spacial score (nSPS) is 10.3. The fourth-order valence-corrected chi connectivity index (χ4v) is 2.45. The molecule has 0 heterocycles. The lowest BCUT2D eigenvalue weighted by Crippen LogP contribution is -2.27. The maximum atomic E-state index is 12.6. The first-order valence-electron chi connectivity index (χ1n) is 7.99. The molecule has 0 unspecified atom stereocenters. The summed E-state index contributed by atoms with van der Waals surface area (Å²) in [4.78, 5) is 24.7. The number of carbonyl (C=O) groups is 2. The van der Waals surface area contributed by atoms with E-state index in [-0.39, 0.29) is 11.8 Å². The van der Waals surface area contributed by atoms with Gasteiger partial charge in [0.05, 0.1) is 19.4 Å². The second-order valence-electron chi connectivity index (χ2n) is 5.59. The molecule has 0 saturated heterocycles. The van der Waals surface area contributed by atoms with E-state index in [2.05, 4.69) is 10.6 Å². The minimum atomic E-state index is -0.350. The van der Waals surface area contributed by atoms with E-state index >= 15 is 0 Å². The van der Waals surface area contributed by atoms with Crippen molar-refractivity contribution in [1.82, 2.24) is 5.32 Å². The molecule has 2 aromatic rings. The van der Waals surface area contributed by atoms with Gasteiger partial charge in [0, 0.05) is 35.9 Å². The lowest BCUT2D eigenvalue weighted by Gasteiger charge is -2.13. The molecule has 138 valence electrons. The number of benzene rings is 2. The van der Waals surface area contributed by atoms with Crippen molar-refractivity contribution in [3.63, 3.8) is 0 Å². The SMILES string of the molecule is COCCNC(=O)c1cccc(C(=O)Nc2cc(C)c(Cl)cc2OC)c1. The number of hydrogen-bond acceptors (Lipinski definition) is 4. The number of nitrogens with one attached hydrogen (secondary N) is 2. The Hall–Kier alpha value is -2.57. The van der Waals surface area contributed by atoms with Crippen LogP contribution in [0.4, 0.5) is 5.69 Å². The molecular weight excluding hydrogens is 356 g/mol. The van der Waals surface area contributed by atoms with Crippen molar-refractivity contribution in [3.8, 4) is 5.75 Å². The molecule has 0 spiro atoms. The fourth-order valence-electron chi connectivity index (χ4n) is 2.29.